The third-order valence-corrected chi connectivity index (χ3v) is 4.13. The van der Waals surface area contributed by atoms with Crippen molar-refractivity contribution in [2.45, 2.75) is 17.1 Å². The predicted molar refractivity (Wildman–Crippen MR) is 80.1 cm³/mol. The summed E-state index contributed by atoms with van der Waals surface area (Å²) in [5.41, 5.74) is 2.68. The van der Waals surface area contributed by atoms with Gasteiger partial charge in [-0.25, -0.2) is 0 Å². The number of thioether (sulfide) groups is 1. The monoisotopic (exact) mass is 257 g/mol. The predicted octanol–water partition coefficient (Wildman–Crippen LogP) is 4.05. The standard InChI is InChI=1S/C16H19NS/c1-13-8-10-15(11-9-13)18-16(12-17-2)14-6-4-3-5-7-14/h3-11,16-17H,12H2,1-2H3. The Morgan fingerprint density at radius 1 is 1.00 bits per heavy atom. The van der Waals surface area contributed by atoms with Gasteiger partial charge >= 0.3 is 0 Å². The van der Waals surface area contributed by atoms with Crippen molar-refractivity contribution in [2.75, 3.05) is 13.6 Å². The van der Waals surface area contributed by atoms with Gasteiger partial charge in [0.2, 0.25) is 0 Å². The Labute approximate surface area is 114 Å². The molecule has 94 valence electrons. The molecule has 0 aliphatic carbocycles. The van der Waals surface area contributed by atoms with Gasteiger partial charge in [-0.05, 0) is 31.7 Å². The van der Waals surface area contributed by atoms with E-state index in [-0.39, 0.29) is 0 Å². The van der Waals surface area contributed by atoms with Gasteiger partial charge in [-0.1, -0.05) is 48.0 Å². The second-order valence-electron chi connectivity index (χ2n) is 4.39. The van der Waals surface area contributed by atoms with Gasteiger partial charge in [-0.3, -0.25) is 0 Å². The molecule has 2 aromatic rings. The lowest BCUT2D eigenvalue weighted by Gasteiger charge is -2.16. The van der Waals surface area contributed by atoms with E-state index in [0.29, 0.717) is 5.25 Å². The Balaban J connectivity index is 2.14. The topological polar surface area (TPSA) is 12.0 Å². The SMILES string of the molecule is CNCC(Sc1ccc(C)cc1)c1ccccc1. The first-order valence-electron chi connectivity index (χ1n) is 6.22. The van der Waals surface area contributed by atoms with E-state index in [1.807, 2.05) is 18.8 Å². The summed E-state index contributed by atoms with van der Waals surface area (Å²) >= 11 is 1.91. The van der Waals surface area contributed by atoms with Gasteiger partial charge in [0.1, 0.15) is 0 Å². The molecule has 2 rings (SSSR count). The Kier molecular flexibility index (Phi) is 4.85. The van der Waals surface area contributed by atoms with E-state index >= 15 is 0 Å². The molecule has 0 amide bonds. The first-order chi connectivity index (χ1) is 8.79. The lowest BCUT2D eigenvalue weighted by atomic mass is 10.1. The molecule has 0 aliphatic rings. The summed E-state index contributed by atoms with van der Waals surface area (Å²) in [6.45, 7) is 3.10. The molecular formula is C16H19NS. The van der Waals surface area contributed by atoms with E-state index in [1.54, 1.807) is 0 Å². The van der Waals surface area contributed by atoms with Crippen LogP contribution < -0.4 is 5.32 Å². The molecule has 0 fully saturated rings. The van der Waals surface area contributed by atoms with Gasteiger partial charge in [0.15, 0.2) is 0 Å². The van der Waals surface area contributed by atoms with Crippen LogP contribution in [0.1, 0.15) is 16.4 Å². The lowest BCUT2D eigenvalue weighted by molar-refractivity contribution is 0.778. The van der Waals surface area contributed by atoms with Crippen molar-refractivity contribution in [3.63, 3.8) is 0 Å². The van der Waals surface area contributed by atoms with Crippen molar-refractivity contribution in [1.29, 1.82) is 0 Å². The lowest BCUT2D eigenvalue weighted by Crippen LogP contribution is -2.14. The highest BCUT2D eigenvalue weighted by Gasteiger charge is 2.11. The molecule has 0 bridgehead atoms. The number of likely N-dealkylation sites (N-methyl/N-ethyl adjacent to an activating group) is 1. The third-order valence-electron chi connectivity index (χ3n) is 2.86. The van der Waals surface area contributed by atoms with E-state index in [9.17, 15) is 0 Å². The van der Waals surface area contributed by atoms with E-state index in [2.05, 4.69) is 66.8 Å². The minimum absolute atomic E-state index is 0.457. The first-order valence-corrected chi connectivity index (χ1v) is 7.10. The van der Waals surface area contributed by atoms with Gasteiger partial charge in [0, 0.05) is 16.7 Å². The summed E-state index contributed by atoms with van der Waals surface area (Å²) in [5, 5.41) is 3.73. The average molecular weight is 257 g/mol. The van der Waals surface area contributed by atoms with Crippen LogP contribution in [-0.2, 0) is 0 Å². The fourth-order valence-electron chi connectivity index (χ4n) is 1.86. The van der Waals surface area contributed by atoms with E-state index < -0.39 is 0 Å². The molecule has 1 unspecified atom stereocenters. The molecule has 1 nitrogen and oxygen atoms in total. The molecule has 0 spiro atoms. The van der Waals surface area contributed by atoms with Crippen molar-refractivity contribution >= 4 is 11.8 Å². The Hall–Kier alpha value is -1.25. The van der Waals surface area contributed by atoms with Crippen LogP contribution in [0.25, 0.3) is 0 Å². The molecule has 2 aromatic carbocycles. The normalized spacial score (nSPS) is 12.3. The van der Waals surface area contributed by atoms with Gasteiger partial charge in [-0.15, -0.1) is 11.8 Å². The van der Waals surface area contributed by atoms with E-state index in [0.717, 1.165) is 6.54 Å². The van der Waals surface area contributed by atoms with Crippen LogP contribution in [0.4, 0.5) is 0 Å². The molecule has 0 radical (unpaired) electrons. The molecule has 18 heavy (non-hydrogen) atoms. The fraction of sp³-hybridized carbons (Fsp3) is 0.250. The summed E-state index contributed by atoms with van der Waals surface area (Å²) in [4.78, 5) is 1.32. The number of benzene rings is 2. The number of hydrogen-bond donors (Lipinski definition) is 1. The van der Waals surface area contributed by atoms with Crippen LogP contribution in [0, 0.1) is 6.92 Å². The summed E-state index contributed by atoms with van der Waals surface area (Å²) in [6.07, 6.45) is 0. The van der Waals surface area contributed by atoms with Crippen LogP contribution in [0.15, 0.2) is 59.5 Å². The zero-order valence-corrected chi connectivity index (χ0v) is 11.7. The van der Waals surface area contributed by atoms with E-state index in [1.165, 1.54) is 16.0 Å². The van der Waals surface area contributed by atoms with Crippen molar-refractivity contribution in [3.8, 4) is 0 Å². The largest absolute Gasteiger partial charge is 0.318 e. The summed E-state index contributed by atoms with van der Waals surface area (Å²) in [6, 6.07) is 19.4. The number of aryl methyl sites for hydroxylation is 1. The summed E-state index contributed by atoms with van der Waals surface area (Å²) < 4.78 is 0. The average Bonchev–Trinajstić information content (AvgIpc) is 2.42. The Bertz CT molecular complexity index is 464. The Morgan fingerprint density at radius 3 is 2.28 bits per heavy atom. The quantitative estimate of drug-likeness (QED) is 0.811. The first kappa shape index (κ1) is 13.2. The van der Waals surface area contributed by atoms with Crippen LogP contribution in [0.3, 0.4) is 0 Å². The van der Waals surface area contributed by atoms with Crippen LogP contribution in [0.2, 0.25) is 0 Å². The second-order valence-corrected chi connectivity index (χ2v) is 5.66. The van der Waals surface area contributed by atoms with Gasteiger partial charge < -0.3 is 5.32 Å². The number of rotatable bonds is 5. The summed E-state index contributed by atoms with van der Waals surface area (Å²) in [5.74, 6) is 0. The van der Waals surface area contributed by atoms with Crippen LogP contribution in [-0.4, -0.2) is 13.6 Å². The maximum atomic E-state index is 3.28. The van der Waals surface area contributed by atoms with Gasteiger partial charge in [0.05, 0.1) is 0 Å². The van der Waals surface area contributed by atoms with Crippen LogP contribution >= 0.6 is 11.8 Å². The molecule has 0 aromatic heterocycles. The molecule has 1 N–H and O–H groups in total. The highest BCUT2D eigenvalue weighted by atomic mass is 32.2. The number of hydrogen-bond acceptors (Lipinski definition) is 2. The maximum Gasteiger partial charge on any atom is 0.0468 e. The molecule has 0 heterocycles. The highest BCUT2D eigenvalue weighted by Crippen LogP contribution is 2.34. The number of nitrogens with one attached hydrogen (secondary N) is 1. The fourth-order valence-corrected chi connectivity index (χ4v) is 3.03. The molecular weight excluding hydrogens is 238 g/mol. The smallest absolute Gasteiger partial charge is 0.0468 e. The second kappa shape index (κ2) is 6.62. The third kappa shape index (κ3) is 3.62. The van der Waals surface area contributed by atoms with Crippen molar-refractivity contribution in [2.24, 2.45) is 0 Å². The van der Waals surface area contributed by atoms with Crippen LogP contribution in [0.5, 0.6) is 0 Å². The van der Waals surface area contributed by atoms with Crippen molar-refractivity contribution < 1.29 is 0 Å². The molecule has 0 aliphatic heterocycles. The Morgan fingerprint density at radius 2 is 1.67 bits per heavy atom. The zero-order valence-electron chi connectivity index (χ0n) is 10.9. The molecule has 1 atom stereocenters. The van der Waals surface area contributed by atoms with Gasteiger partial charge in [-0.2, -0.15) is 0 Å². The minimum Gasteiger partial charge on any atom is -0.318 e. The zero-order chi connectivity index (χ0) is 12.8. The minimum atomic E-state index is 0.457. The van der Waals surface area contributed by atoms with Gasteiger partial charge in [0.25, 0.3) is 0 Å². The highest BCUT2D eigenvalue weighted by molar-refractivity contribution is 7.99. The van der Waals surface area contributed by atoms with Crippen molar-refractivity contribution in [1.82, 2.24) is 5.32 Å². The molecule has 0 saturated heterocycles. The summed E-state index contributed by atoms with van der Waals surface area (Å²) in [7, 11) is 2.01. The van der Waals surface area contributed by atoms with E-state index in [4.69, 9.17) is 0 Å². The maximum absolute atomic E-state index is 3.28. The molecule has 2 heteroatoms. The van der Waals surface area contributed by atoms with Crippen molar-refractivity contribution in [3.05, 3.63) is 65.7 Å². The molecule has 0 saturated carbocycles.